The normalized spacial score (nSPS) is 9.85. The molecule has 0 bridgehead atoms. The highest BCUT2D eigenvalue weighted by atomic mass is 16.1. The zero-order valence-corrected chi connectivity index (χ0v) is 7.23. The molecule has 0 radical (unpaired) electrons. The van der Waals surface area contributed by atoms with Crippen molar-refractivity contribution in [2.45, 2.75) is 0 Å². The molecule has 62 valence electrons. The van der Waals surface area contributed by atoms with Crippen LogP contribution in [0.3, 0.4) is 0 Å². The van der Waals surface area contributed by atoms with E-state index in [1.807, 2.05) is 24.3 Å². The van der Waals surface area contributed by atoms with Crippen molar-refractivity contribution >= 4 is 29.7 Å². The van der Waals surface area contributed by atoms with Crippen molar-refractivity contribution in [1.82, 2.24) is 0 Å². The first kappa shape index (κ1) is 8.05. The van der Waals surface area contributed by atoms with Crippen LogP contribution in [0, 0.1) is 0 Å². The lowest BCUT2D eigenvalue weighted by Gasteiger charge is -1.98. The largest absolute Gasteiger partial charge is 0.315 e. The van der Waals surface area contributed by atoms with Crippen LogP contribution in [-0.2, 0) is 4.79 Å². The minimum Gasteiger partial charge on any atom is -0.315 e. The van der Waals surface area contributed by atoms with Crippen molar-refractivity contribution in [2.24, 2.45) is 0 Å². The fourth-order valence-corrected chi connectivity index (χ4v) is 1.46. The lowest BCUT2D eigenvalue weighted by atomic mass is 9.72. The van der Waals surface area contributed by atoms with Crippen LogP contribution in [0.5, 0.6) is 0 Å². The van der Waals surface area contributed by atoms with E-state index in [4.69, 9.17) is 0 Å². The zero-order chi connectivity index (χ0) is 9.10. The minimum absolute atomic E-state index is 0.505. The molecule has 0 N–H and O–H groups in total. The summed E-state index contributed by atoms with van der Waals surface area (Å²) in [5.41, 5.74) is 1.08. The molecule has 0 saturated heterocycles. The van der Waals surface area contributed by atoms with Gasteiger partial charge in [-0.05, 0) is 10.8 Å². The molecule has 0 atom stereocenters. The van der Waals surface area contributed by atoms with Gasteiger partial charge in [0.15, 0.2) is 0 Å². The molecular weight excluding hydrogens is 159 g/mol. The molecule has 0 fully saturated rings. The van der Waals surface area contributed by atoms with Gasteiger partial charge in [-0.15, -0.1) is 0 Å². The molecule has 0 spiro atoms. The first-order chi connectivity index (χ1) is 6.40. The van der Waals surface area contributed by atoms with Crippen molar-refractivity contribution in [3.8, 4) is 0 Å². The summed E-state index contributed by atoms with van der Waals surface area (Å²) in [7, 11) is 0.505. The number of hydrogen-bond donors (Lipinski definition) is 0. The quantitative estimate of drug-likeness (QED) is 0.484. The molecule has 0 amide bonds. The van der Waals surface area contributed by atoms with Gasteiger partial charge in [-0.2, -0.15) is 0 Å². The average molecular weight is 168 g/mol. The second kappa shape index (κ2) is 3.44. The number of fused-ring (bicyclic) bond motifs is 1. The van der Waals surface area contributed by atoms with Crippen molar-refractivity contribution < 1.29 is 4.79 Å². The second-order valence-electron chi connectivity index (χ2n) is 3.05. The number of carbonyl (C=O) groups excluding carboxylic acids is 1. The van der Waals surface area contributed by atoms with Gasteiger partial charge in [0.05, 0.1) is 6.19 Å². The Morgan fingerprint density at radius 1 is 1.00 bits per heavy atom. The van der Waals surface area contributed by atoms with Crippen LogP contribution < -0.4 is 5.46 Å². The summed E-state index contributed by atoms with van der Waals surface area (Å²) in [4.78, 5) is 10.3. The maximum Gasteiger partial charge on any atom is 0.234 e. The summed E-state index contributed by atoms with van der Waals surface area (Å²) in [5, 5.41) is 2.42. The average Bonchev–Trinajstić information content (AvgIpc) is 2.18. The van der Waals surface area contributed by atoms with E-state index in [0.29, 0.717) is 7.28 Å². The summed E-state index contributed by atoms with van der Waals surface area (Å²) in [6, 6.07) is 14.3. The lowest BCUT2D eigenvalue weighted by Crippen LogP contribution is -2.14. The smallest absolute Gasteiger partial charge is 0.234 e. The van der Waals surface area contributed by atoms with Crippen LogP contribution in [0.4, 0.5) is 0 Å². The molecule has 13 heavy (non-hydrogen) atoms. The van der Waals surface area contributed by atoms with Crippen molar-refractivity contribution in [3.63, 3.8) is 0 Å². The molecule has 0 heterocycles. The highest BCUT2D eigenvalue weighted by molar-refractivity contribution is 6.78. The molecule has 0 aliphatic rings. The SMILES string of the molecule is O=CBc1ccc2ccccc2c1. The van der Waals surface area contributed by atoms with Gasteiger partial charge in [-0.1, -0.05) is 47.9 Å². The van der Waals surface area contributed by atoms with Crippen LogP contribution in [0.15, 0.2) is 42.5 Å². The first-order valence-electron chi connectivity index (χ1n) is 4.31. The molecule has 2 aromatic rings. The predicted molar refractivity (Wildman–Crippen MR) is 57.5 cm³/mol. The zero-order valence-electron chi connectivity index (χ0n) is 7.23. The molecule has 2 heteroatoms. The third-order valence-electron chi connectivity index (χ3n) is 2.13. The van der Waals surface area contributed by atoms with E-state index >= 15 is 0 Å². The maximum atomic E-state index is 10.3. The van der Waals surface area contributed by atoms with Crippen molar-refractivity contribution in [3.05, 3.63) is 42.5 Å². The summed E-state index contributed by atoms with van der Waals surface area (Å²) in [5.74, 6) is 0. The minimum atomic E-state index is 0.505. The molecule has 2 aromatic carbocycles. The van der Waals surface area contributed by atoms with Gasteiger partial charge in [0.25, 0.3) is 0 Å². The Hall–Kier alpha value is -1.57. The van der Waals surface area contributed by atoms with Gasteiger partial charge < -0.3 is 4.79 Å². The Balaban J connectivity index is 2.55. The fourth-order valence-electron chi connectivity index (χ4n) is 1.46. The molecule has 0 aromatic heterocycles. The maximum absolute atomic E-state index is 10.3. The van der Waals surface area contributed by atoms with E-state index < -0.39 is 0 Å². The van der Waals surface area contributed by atoms with Gasteiger partial charge in [0.1, 0.15) is 0 Å². The van der Waals surface area contributed by atoms with Gasteiger partial charge >= 0.3 is 0 Å². The van der Waals surface area contributed by atoms with E-state index in [-0.39, 0.29) is 0 Å². The standard InChI is InChI=1S/C11H9BO/c13-8-12-11-6-5-9-3-1-2-4-10(9)7-11/h1-8,12H. The third kappa shape index (κ3) is 1.62. The Morgan fingerprint density at radius 2 is 1.77 bits per heavy atom. The Labute approximate surface area is 77.6 Å². The molecule has 2 rings (SSSR count). The molecule has 0 saturated carbocycles. The van der Waals surface area contributed by atoms with Crippen LogP contribution in [0.1, 0.15) is 0 Å². The summed E-state index contributed by atoms with van der Waals surface area (Å²) < 4.78 is 0. The number of benzene rings is 2. The summed E-state index contributed by atoms with van der Waals surface area (Å²) in [6.45, 7) is 0. The Bertz CT molecular complexity index is 437. The highest BCUT2D eigenvalue weighted by Gasteiger charge is 1.95. The summed E-state index contributed by atoms with van der Waals surface area (Å²) >= 11 is 0. The second-order valence-corrected chi connectivity index (χ2v) is 3.05. The van der Waals surface area contributed by atoms with Crippen LogP contribution >= 0.6 is 0 Å². The number of hydrogen-bond acceptors (Lipinski definition) is 1. The third-order valence-corrected chi connectivity index (χ3v) is 2.13. The summed E-state index contributed by atoms with van der Waals surface area (Å²) in [6.07, 6.45) is 0.935. The van der Waals surface area contributed by atoms with E-state index in [1.165, 1.54) is 10.8 Å². The number of carbonyl (C=O) groups is 1. The van der Waals surface area contributed by atoms with Gasteiger partial charge in [-0.3, -0.25) is 0 Å². The van der Waals surface area contributed by atoms with Crippen LogP contribution in [0.25, 0.3) is 10.8 Å². The Morgan fingerprint density at radius 3 is 2.54 bits per heavy atom. The van der Waals surface area contributed by atoms with Crippen molar-refractivity contribution in [1.29, 1.82) is 0 Å². The first-order valence-corrected chi connectivity index (χ1v) is 4.31. The predicted octanol–water partition coefficient (Wildman–Crippen LogP) is 1.09. The van der Waals surface area contributed by atoms with E-state index in [9.17, 15) is 4.79 Å². The lowest BCUT2D eigenvalue weighted by molar-refractivity contribution is 0.568. The fraction of sp³-hybridized carbons (Fsp3) is 0. The number of rotatable bonds is 2. The molecular formula is C11H9BO. The topological polar surface area (TPSA) is 17.1 Å². The van der Waals surface area contributed by atoms with Gasteiger partial charge in [-0.25, -0.2) is 0 Å². The van der Waals surface area contributed by atoms with E-state index in [1.54, 1.807) is 0 Å². The van der Waals surface area contributed by atoms with E-state index in [0.717, 1.165) is 11.6 Å². The molecule has 0 aliphatic heterocycles. The molecule has 0 aliphatic carbocycles. The van der Waals surface area contributed by atoms with Gasteiger partial charge in [0, 0.05) is 0 Å². The monoisotopic (exact) mass is 168 g/mol. The molecule has 0 unspecified atom stereocenters. The molecule has 1 nitrogen and oxygen atoms in total. The van der Waals surface area contributed by atoms with Crippen molar-refractivity contribution in [2.75, 3.05) is 0 Å². The highest BCUT2D eigenvalue weighted by Crippen LogP contribution is 2.10. The van der Waals surface area contributed by atoms with Gasteiger partial charge in [0.2, 0.25) is 7.28 Å². The van der Waals surface area contributed by atoms with Crippen LogP contribution in [-0.4, -0.2) is 13.5 Å². The van der Waals surface area contributed by atoms with E-state index in [2.05, 4.69) is 18.2 Å². The van der Waals surface area contributed by atoms with Crippen LogP contribution in [0.2, 0.25) is 0 Å². The Kier molecular flexibility index (Phi) is 2.13.